The van der Waals surface area contributed by atoms with Crippen LogP contribution >= 0.6 is 11.6 Å². The van der Waals surface area contributed by atoms with Crippen LogP contribution in [-0.2, 0) is 12.4 Å². The average Bonchev–Trinajstić information content (AvgIpc) is 2.24. The van der Waals surface area contributed by atoms with Gasteiger partial charge >= 0.3 is 12.4 Å². The quantitative estimate of drug-likeness (QED) is 0.454. The number of carbonyl (C=O) groups excluding carboxylic acids is 1. The zero-order chi connectivity index (χ0) is 14.1. The molecule has 0 saturated carbocycles. The molecule has 0 atom stereocenters. The molecule has 0 aliphatic heterocycles. The van der Waals surface area contributed by atoms with Gasteiger partial charge < -0.3 is 0 Å². The molecule has 1 aromatic rings. The molecule has 1 aromatic carbocycles. The second kappa shape index (κ2) is 4.79. The highest BCUT2D eigenvalue weighted by Crippen LogP contribution is 2.39. The van der Waals surface area contributed by atoms with Crippen molar-refractivity contribution in [2.24, 2.45) is 0 Å². The summed E-state index contributed by atoms with van der Waals surface area (Å²) in [6, 6.07) is 1.42. The molecule has 0 N–H and O–H groups in total. The predicted octanol–water partition coefficient (Wildman–Crippen LogP) is 4.15. The van der Waals surface area contributed by atoms with Crippen LogP contribution in [0.3, 0.4) is 0 Å². The molecule has 100 valence electrons. The van der Waals surface area contributed by atoms with Crippen LogP contribution in [0.15, 0.2) is 18.2 Å². The van der Waals surface area contributed by atoms with E-state index in [1.807, 2.05) is 0 Å². The number of rotatable bonds is 2. The minimum atomic E-state index is -5.06. The van der Waals surface area contributed by atoms with Crippen molar-refractivity contribution in [1.82, 2.24) is 0 Å². The molecule has 0 aliphatic rings. The lowest BCUT2D eigenvalue weighted by Gasteiger charge is -2.16. The molecule has 0 unspecified atom stereocenters. The van der Waals surface area contributed by atoms with Gasteiger partial charge in [-0.25, -0.2) is 0 Å². The summed E-state index contributed by atoms with van der Waals surface area (Å²) in [6.07, 6.45) is -10.1. The standard InChI is InChI=1S/C10H5ClF6O/c11-4-7(18)8-5(9(12,13)14)2-1-3-6(8)10(15,16)17/h1-3H,4H2. The SMILES string of the molecule is O=C(CCl)c1c(C(F)(F)F)cccc1C(F)(F)F. The molecule has 1 nitrogen and oxygen atoms in total. The van der Waals surface area contributed by atoms with Crippen LogP contribution in [0, 0.1) is 0 Å². The van der Waals surface area contributed by atoms with Crippen LogP contribution in [0.1, 0.15) is 21.5 Å². The second-order valence-electron chi connectivity index (χ2n) is 3.28. The van der Waals surface area contributed by atoms with Gasteiger partial charge in [0.1, 0.15) is 0 Å². The molecule has 0 aromatic heterocycles. The number of carbonyl (C=O) groups is 1. The summed E-state index contributed by atoms with van der Waals surface area (Å²) >= 11 is 5.05. The maximum atomic E-state index is 12.6. The van der Waals surface area contributed by atoms with Gasteiger partial charge in [0.05, 0.1) is 17.0 Å². The molecule has 8 heteroatoms. The van der Waals surface area contributed by atoms with Gasteiger partial charge in [0, 0.05) is 5.56 Å². The molecule has 0 radical (unpaired) electrons. The van der Waals surface area contributed by atoms with Crippen molar-refractivity contribution >= 4 is 17.4 Å². The first-order valence-corrected chi connectivity index (χ1v) is 4.99. The lowest BCUT2D eigenvalue weighted by molar-refractivity contribution is -0.143. The second-order valence-corrected chi connectivity index (χ2v) is 3.55. The maximum Gasteiger partial charge on any atom is 0.417 e. The number of halogens is 7. The van der Waals surface area contributed by atoms with Crippen LogP contribution in [-0.4, -0.2) is 11.7 Å². The number of alkyl halides is 7. The number of hydrogen-bond donors (Lipinski definition) is 0. The van der Waals surface area contributed by atoms with Gasteiger partial charge in [-0.3, -0.25) is 4.79 Å². The van der Waals surface area contributed by atoms with Gasteiger partial charge in [-0.05, 0) is 12.1 Å². The Morgan fingerprint density at radius 1 is 1.00 bits per heavy atom. The summed E-state index contributed by atoms with van der Waals surface area (Å²) in [7, 11) is 0. The van der Waals surface area contributed by atoms with E-state index >= 15 is 0 Å². The van der Waals surface area contributed by atoms with Gasteiger partial charge in [0.25, 0.3) is 0 Å². The Hall–Kier alpha value is -1.24. The monoisotopic (exact) mass is 290 g/mol. The molecule has 0 amide bonds. The lowest BCUT2D eigenvalue weighted by Crippen LogP contribution is -2.20. The smallest absolute Gasteiger partial charge is 0.293 e. The van der Waals surface area contributed by atoms with E-state index in [0.717, 1.165) is 0 Å². The summed E-state index contributed by atoms with van der Waals surface area (Å²) < 4.78 is 75.3. The fourth-order valence-electron chi connectivity index (χ4n) is 1.39. The molecule has 0 saturated heterocycles. The molecule has 1 rings (SSSR count). The Kier molecular flexibility index (Phi) is 3.95. The lowest BCUT2D eigenvalue weighted by atomic mass is 9.97. The van der Waals surface area contributed by atoms with Crippen molar-refractivity contribution in [3.05, 3.63) is 34.9 Å². The highest BCUT2D eigenvalue weighted by atomic mass is 35.5. The van der Waals surface area contributed by atoms with E-state index in [9.17, 15) is 31.1 Å². The van der Waals surface area contributed by atoms with Gasteiger partial charge in [0.15, 0.2) is 5.78 Å². The predicted molar refractivity (Wildman–Crippen MR) is 51.5 cm³/mol. The Morgan fingerprint density at radius 2 is 1.39 bits per heavy atom. The first-order chi connectivity index (χ1) is 8.09. The van der Waals surface area contributed by atoms with E-state index in [2.05, 4.69) is 0 Å². The summed E-state index contributed by atoms with van der Waals surface area (Å²) in [5.41, 5.74) is -4.71. The minimum Gasteiger partial charge on any atom is -0.293 e. The van der Waals surface area contributed by atoms with Gasteiger partial charge in [-0.2, -0.15) is 26.3 Å². The Bertz CT molecular complexity index is 430. The van der Waals surface area contributed by atoms with Crippen molar-refractivity contribution in [1.29, 1.82) is 0 Å². The highest BCUT2D eigenvalue weighted by Gasteiger charge is 2.42. The molecule has 0 aliphatic carbocycles. The van der Waals surface area contributed by atoms with Crippen molar-refractivity contribution in [3.8, 4) is 0 Å². The number of ketones is 1. The van der Waals surface area contributed by atoms with E-state index in [1.54, 1.807) is 0 Å². The number of hydrogen-bond acceptors (Lipinski definition) is 1. The van der Waals surface area contributed by atoms with Crippen molar-refractivity contribution in [2.75, 3.05) is 5.88 Å². The van der Waals surface area contributed by atoms with Gasteiger partial charge in [-0.15, -0.1) is 11.6 Å². The first kappa shape index (κ1) is 14.8. The molecular weight excluding hydrogens is 286 g/mol. The maximum absolute atomic E-state index is 12.6. The van der Waals surface area contributed by atoms with E-state index in [-0.39, 0.29) is 0 Å². The third-order valence-electron chi connectivity index (χ3n) is 2.08. The van der Waals surface area contributed by atoms with Crippen molar-refractivity contribution in [2.45, 2.75) is 12.4 Å². The van der Waals surface area contributed by atoms with Crippen LogP contribution in [0.4, 0.5) is 26.3 Å². The third-order valence-corrected chi connectivity index (χ3v) is 2.32. The molecule has 0 fully saturated rings. The number of Topliss-reactive ketones (excluding diaryl/α,β-unsaturated/α-hetero) is 1. The van der Waals surface area contributed by atoms with E-state index < -0.39 is 40.7 Å². The van der Waals surface area contributed by atoms with Crippen LogP contribution in [0.25, 0.3) is 0 Å². The van der Waals surface area contributed by atoms with E-state index in [0.29, 0.717) is 18.2 Å². The Balaban J connectivity index is 3.61. The zero-order valence-corrected chi connectivity index (χ0v) is 9.25. The zero-order valence-electron chi connectivity index (χ0n) is 8.49. The molecule has 0 bridgehead atoms. The summed E-state index contributed by atoms with van der Waals surface area (Å²) in [4.78, 5) is 11.2. The summed E-state index contributed by atoms with van der Waals surface area (Å²) in [6.45, 7) is 0. The average molecular weight is 291 g/mol. The minimum absolute atomic E-state index is 0.412. The van der Waals surface area contributed by atoms with Crippen molar-refractivity contribution in [3.63, 3.8) is 0 Å². The van der Waals surface area contributed by atoms with E-state index in [1.165, 1.54) is 0 Å². The molecule has 0 spiro atoms. The molecule has 0 heterocycles. The largest absolute Gasteiger partial charge is 0.417 e. The fourth-order valence-corrected chi connectivity index (χ4v) is 1.53. The van der Waals surface area contributed by atoms with Crippen LogP contribution in [0.5, 0.6) is 0 Å². The highest BCUT2D eigenvalue weighted by molar-refractivity contribution is 6.30. The van der Waals surface area contributed by atoms with E-state index in [4.69, 9.17) is 11.6 Å². The van der Waals surface area contributed by atoms with Crippen LogP contribution < -0.4 is 0 Å². The normalized spacial score (nSPS) is 12.6. The Labute approximate surface area is 102 Å². The fraction of sp³-hybridized carbons (Fsp3) is 0.300. The van der Waals surface area contributed by atoms with Crippen LogP contribution in [0.2, 0.25) is 0 Å². The number of benzene rings is 1. The third kappa shape index (κ3) is 2.95. The summed E-state index contributed by atoms with van der Waals surface area (Å²) in [5, 5.41) is 0. The molecular formula is C10H5ClF6O. The Morgan fingerprint density at radius 3 is 1.67 bits per heavy atom. The topological polar surface area (TPSA) is 17.1 Å². The van der Waals surface area contributed by atoms with Crippen molar-refractivity contribution < 1.29 is 31.1 Å². The summed E-state index contributed by atoms with van der Waals surface area (Å²) in [5.74, 6) is -2.38. The first-order valence-electron chi connectivity index (χ1n) is 4.45. The molecule has 18 heavy (non-hydrogen) atoms. The van der Waals surface area contributed by atoms with Gasteiger partial charge in [-0.1, -0.05) is 6.07 Å². The van der Waals surface area contributed by atoms with Gasteiger partial charge in [0.2, 0.25) is 0 Å².